The summed E-state index contributed by atoms with van der Waals surface area (Å²) in [6.45, 7) is 3.78. The van der Waals surface area contributed by atoms with Crippen molar-refractivity contribution in [2.24, 2.45) is 5.92 Å². The van der Waals surface area contributed by atoms with Crippen LogP contribution in [0.25, 0.3) is 0 Å². The van der Waals surface area contributed by atoms with E-state index in [2.05, 4.69) is 5.32 Å². The molecule has 1 atom stereocenters. The fraction of sp³-hybridized carbons (Fsp3) is 0.538. The van der Waals surface area contributed by atoms with Gasteiger partial charge in [-0.15, -0.1) is 0 Å². The molecular formula is C13H19ClFNO. The Hall–Kier alpha value is -0.640. The summed E-state index contributed by atoms with van der Waals surface area (Å²) in [5.41, 5.74) is 0.906. The molecule has 0 aliphatic heterocycles. The van der Waals surface area contributed by atoms with Crippen molar-refractivity contribution in [1.82, 2.24) is 5.32 Å². The Bertz CT molecular complexity index is 346. The topological polar surface area (TPSA) is 32.3 Å². The van der Waals surface area contributed by atoms with Gasteiger partial charge in [0.15, 0.2) is 0 Å². The fourth-order valence-electron chi connectivity index (χ4n) is 1.55. The van der Waals surface area contributed by atoms with Crippen molar-refractivity contribution in [2.45, 2.75) is 26.3 Å². The number of aliphatic hydroxyl groups is 1. The number of hydrogen-bond donors (Lipinski definition) is 2. The van der Waals surface area contributed by atoms with Gasteiger partial charge in [0.2, 0.25) is 0 Å². The fourth-order valence-corrected chi connectivity index (χ4v) is 1.79. The van der Waals surface area contributed by atoms with Crippen LogP contribution in [0.1, 0.15) is 25.3 Å². The van der Waals surface area contributed by atoms with Crippen molar-refractivity contribution in [3.63, 3.8) is 0 Å². The maximum atomic E-state index is 12.8. The molecule has 0 saturated carbocycles. The number of rotatable bonds is 7. The molecule has 2 nitrogen and oxygen atoms in total. The number of nitrogens with one attached hydrogen (secondary N) is 1. The molecule has 1 aromatic carbocycles. The van der Waals surface area contributed by atoms with Crippen molar-refractivity contribution >= 4 is 11.6 Å². The molecule has 0 radical (unpaired) electrons. The zero-order valence-corrected chi connectivity index (χ0v) is 10.8. The van der Waals surface area contributed by atoms with Gasteiger partial charge in [-0.1, -0.05) is 24.6 Å². The van der Waals surface area contributed by atoms with Crippen molar-refractivity contribution in [3.05, 3.63) is 34.6 Å². The summed E-state index contributed by atoms with van der Waals surface area (Å²) < 4.78 is 12.8. The molecule has 0 aliphatic rings. The van der Waals surface area contributed by atoms with E-state index >= 15 is 0 Å². The van der Waals surface area contributed by atoms with Crippen LogP contribution in [0.2, 0.25) is 5.02 Å². The van der Waals surface area contributed by atoms with Gasteiger partial charge in [-0.3, -0.25) is 0 Å². The first-order valence-electron chi connectivity index (χ1n) is 5.89. The van der Waals surface area contributed by atoms with E-state index in [0.29, 0.717) is 17.5 Å². The quantitative estimate of drug-likeness (QED) is 0.738. The largest absolute Gasteiger partial charge is 0.396 e. The second-order valence-electron chi connectivity index (χ2n) is 4.34. The third-order valence-corrected chi connectivity index (χ3v) is 3.04. The molecule has 0 fully saturated rings. The summed E-state index contributed by atoms with van der Waals surface area (Å²) in [7, 11) is 0. The van der Waals surface area contributed by atoms with Gasteiger partial charge in [0, 0.05) is 18.2 Å². The summed E-state index contributed by atoms with van der Waals surface area (Å²) in [6, 6.07) is 4.43. The van der Waals surface area contributed by atoms with Gasteiger partial charge < -0.3 is 10.4 Å². The van der Waals surface area contributed by atoms with E-state index < -0.39 is 0 Å². The summed E-state index contributed by atoms with van der Waals surface area (Å²) in [5, 5.41) is 12.6. The Balaban J connectivity index is 2.22. The first kappa shape index (κ1) is 14.4. The van der Waals surface area contributed by atoms with Crippen LogP contribution >= 0.6 is 11.6 Å². The highest BCUT2D eigenvalue weighted by Crippen LogP contribution is 2.16. The molecule has 0 bridgehead atoms. The molecule has 17 heavy (non-hydrogen) atoms. The lowest BCUT2D eigenvalue weighted by atomic mass is 10.1. The van der Waals surface area contributed by atoms with E-state index in [0.717, 1.165) is 24.9 Å². The van der Waals surface area contributed by atoms with Gasteiger partial charge in [-0.2, -0.15) is 0 Å². The van der Waals surface area contributed by atoms with Crippen LogP contribution in [0.15, 0.2) is 18.2 Å². The molecule has 0 aromatic heterocycles. The van der Waals surface area contributed by atoms with Gasteiger partial charge in [-0.05, 0) is 43.0 Å². The Morgan fingerprint density at radius 1 is 1.47 bits per heavy atom. The third kappa shape index (κ3) is 5.48. The first-order chi connectivity index (χ1) is 8.13. The highest BCUT2D eigenvalue weighted by Gasteiger charge is 2.02. The number of hydrogen-bond acceptors (Lipinski definition) is 2. The standard InChI is InChI=1S/C13H19ClFNO/c1-10(9-17)3-2-6-16-8-11-4-5-12(15)7-13(11)14/h4-5,7,10,16-17H,2-3,6,8-9H2,1H3. The van der Waals surface area contributed by atoms with E-state index in [1.54, 1.807) is 6.07 Å². The lowest BCUT2D eigenvalue weighted by molar-refractivity contribution is 0.228. The molecule has 0 aliphatic carbocycles. The predicted molar refractivity (Wildman–Crippen MR) is 68.6 cm³/mol. The lowest BCUT2D eigenvalue weighted by Crippen LogP contribution is -2.16. The molecular weight excluding hydrogens is 241 g/mol. The normalized spacial score (nSPS) is 12.7. The van der Waals surface area contributed by atoms with Crippen molar-refractivity contribution in [2.75, 3.05) is 13.2 Å². The summed E-state index contributed by atoms with van der Waals surface area (Å²) in [4.78, 5) is 0. The maximum absolute atomic E-state index is 12.8. The van der Waals surface area contributed by atoms with Gasteiger partial charge in [0.1, 0.15) is 5.82 Å². The molecule has 1 unspecified atom stereocenters. The Morgan fingerprint density at radius 3 is 2.88 bits per heavy atom. The van der Waals surface area contributed by atoms with Crippen molar-refractivity contribution in [3.8, 4) is 0 Å². The first-order valence-corrected chi connectivity index (χ1v) is 6.26. The van der Waals surface area contributed by atoms with Crippen LogP contribution in [-0.2, 0) is 6.54 Å². The Kier molecular flexibility index (Phi) is 6.48. The van der Waals surface area contributed by atoms with Crippen molar-refractivity contribution in [1.29, 1.82) is 0 Å². The molecule has 4 heteroatoms. The maximum Gasteiger partial charge on any atom is 0.124 e. The van der Waals surface area contributed by atoms with E-state index in [-0.39, 0.29) is 12.4 Å². The molecule has 0 amide bonds. The second-order valence-corrected chi connectivity index (χ2v) is 4.75. The Morgan fingerprint density at radius 2 is 2.24 bits per heavy atom. The van der Waals surface area contributed by atoms with E-state index in [4.69, 9.17) is 16.7 Å². The SMILES string of the molecule is CC(CO)CCCNCc1ccc(F)cc1Cl. The summed E-state index contributed by atoms with van der Waals surface area (Å²) >= 11 is 5.90. The smallest absolute Gasteiger partial charge is 0.124 e. The molecule has 0 heterocycles. The Labute approximate surface area is 107 Å². The molecule has 0 spiro atoms. The lowest BCUT2D eigenvalue weighted by Gasteiger charge is -2.09. The minimum absolute atomic E-state index is 0.240. The molecule has 1 aromatic rings. The number of benzene rings is 1. The second kappa shape index (κ2) is 7.64. The summed E-state index contributed by atoms with van der Waals surface area (Å²) in [6.07, 6.45) is 2.02. The average molecular weight is 260 g/mol. The predicted octanol–water partition coefficient (Wildman–Crippen LogP) is 2.98. The van der Waals surface area contributed by atoms with Crippen LogP contribution in [0.5, 0.6) is 0 Å². The highest BCUT2D eigenvalue weighted by atomic mass is 35.5. The van der Waals surface area contributed by atoms with Gasteiger partial charge >= 0.3 is 0 Å². The van der Waals surface area contributed by atoms with Gasteiger partial charge in [0.05, 0.1) is 0 Å². The van der Waals surface area contributed by atoms with E-state index in [1.165, 1.54) is 12.1 Å². The number of halogens is 2. The van der Waals surface area contributed by atoms with E-state index in [1.807, 2.05) is 6.92 Å². The van der Waals surface area contributed by atoms with Crippen molar-refractivity contribution < 1.29 is 9.50 Å². The van der Waals surface area contributed by atoms with Gasteiger partial charge in [-0.25, -0.2) is 4.39 Å². The van der Waals surface area contributed by atoms with Gasteiger partial charge in [0.25, 0.3) is 0 Å². The monoisotopic (exact) mass is 259 g/mol. The highest BCUT2D eigenvalue weighted by molar-refractivity contribution is 6.31. The zero-order valence-electron chi connectivity index (χ0n) is 10.0. The minimum atomic E-state index is -0.310. The molecule has 1 rings (SSSR count). The van der Waals surface area contributed by atoms with Crippen LogP contribution in [0.4, 0.5) is 4.39 Å². The molecule has 96 valence electrons. The van der Waals surface area contributed by atoms with Crippen LogP contribution in [0, 0.1) is 11.7 Å². The van der Waals surface area contributed by atoms with Crippen LogP contribution in [-0.4, -0.2) is 18.3 Å². The third-order valence-electron chi connectivity index (χ3n) is 2.69. The summed E-state index contributed by atoms with van der Waals surface area (Å²) in [5.74, 6) is 0.0433. The zero-order chi connectivity index (χ0) is 12.7. The average Bonchev–Trinajstić information content (AvgIpc) is 2.30. The number of aliphatic hydroxyl groups excluding tert-OH is 1. The molecule has 0 saturated heterocycles. The van der Waals surface area contributed by atoms with Crippen LogP contribution in [0.3, 0.4) is 0 Å². The van der Waals surface area contributed by atoms with E-state index in [9.17, 15) is 4.39 Å². The van der Waals surface area contributed by atoms with Crippen LogP contribution < -0.4 is 5.32 Å². The molecule has 2 N–H and O–H groups in total. The minimum Gasteiger partial charge on any atom is -0.396 e.